The van der Waals surface area contributed by atoms with Crippen LogP contribution in [0.5, 0.6) is 0 Å². The number of unbranched alkanes of at least 4 members (excludes halogenated alkanes) is 36. The van der Waals surface area contributed by atoms with Gasteiger partial charge in [-0.1, -0.05) is 286 Å². The number of allylic oxidation sites excluding steroid dienone is 14. The van der Waals surface area contributed by atoms with Crippen molar-refractivity contribution in [3.8, 4) is 0 Å². The van der Waals surface area contributed by atoms with Gasteiger partial charge >= 0.3 is 17.9 Å². The first-order valence-electron chi connectivity index (χ1n) is 33.6. The van der Waals surface area contributed by atoms with Gasteiger partial charge in [-0.3, -0.25) is 14.4 Å². The summed E-state index contributed by atoms with van der Waals surface area (Å²) in [4.78, 5) is 38.4. The minimum Gasteiger partial charge on any atom is -0.462 e. The highest BCUT2D eigenvalue weighted by Crippen LogP contribution is 2.17. The van der Waals surface area contributed by atoms with Crippen molar-refractivity contribution in [3.05, 3.63) is 85.1 Å². The van der Waals surface area contributed by atoms with E-state index in [9.17, 15) is 14.4 Å². The molecule has 0 aliphatic heterocycles. The maximum Gasteiger partial charge on any atom is 0.306 e. The van der Waals surface area contributed by atoms with E-state index in [-0.39, 0.29) is 31.1 Å². The standard InChI is InChI=1S/C72H126O6/c1-4-7-10-13-16-19-22-25-28-30-32-33-34-35-36-37-38-39-41-42-44-47-50-53-56-59-62-65-71(74)77-68-69(67-76-70(73)64-61-58-55-52-49-46-27-24-21-18-15-12-9-6-3)78-72(75)66-63-60-57-54-51-48-45-43-40-31-29-26-23-20-17-14-11-8-5-2/h8,11,17,20,22,24-27,29-30,32,40,43,69H,4-7,9-10,12-16,18-19,21,23,28,31,33-39,41-42,44-68H2,1-3H3/b11-8-,20-17-,25-22-,27-24-,29-26-,32-30-,43-40-. The summed E-state index contributed by atoms with van der Waals surface area (Å²) in [7, 11) is 0. The highest BCUT2D eigenvalue weighted by Gasteiger charge is 2.19. The van der Waals surface area contributed by atoms with Gasteiger partial charge in [0.05, 0.1) is 0 Å². The molecule has 0 spiro atoms. The van der Waals surface area contributed by atoms with Crippen LogP contribution in [0.2, 0.25) is 0 Å². The van der Waals surface area contributed by atoms with Crippen molar-refractivity contribution < 1.29 is 28.6 Å². The van der Waals surface area contributed by atoms with E-state index in [0.717, 1.165) is 109 Å². The molecule has 0 fully saturated rings. The summed E-state index contributed by atoms with van der Waals surface area (Å²) in [5, 5.41) is 0. The first-order valence-corrected chi connectivity index (χ1v) is 33.6. The zero-order valence-corrected chi connectivity index (χ0v) is 51.7. The number of carbonyl (C=O) groups excluding carboxylic acids is 3. The summed E-state index contributed by atoms with van der Waals surface area (Å²) in [5.74, 6) is -0.892. The van der Waals surface area contributed by atoms with Crippen LogP contribution in [-0.4, -0.2) is 37.2 Å². The fourth-order valence-electron chi connectivity index (χ4n) is 9.58. The van der Waals surface area contributed by atoms with Gasteiger partial charge < -0.3 is 14.2 Å². The predicted molar refractivity (Wildman–Crippen MR) is 339 cm³/mol. The second-order valence-electron chi connectivity index (χ2n) is 22.3. The smallest absolute Gasteiger partial charge is 0.306 e. The lowest BCUT2D eigenvalue weighted by molar-refractivity contribution is -0.167. The quantitative estimate of drug-likeness (QED) is 0.0261. The second-order valence-corrected chi connectivity index (χ2v) is 22.3. The summed E-state index contributed by atoms with van der Waals surface area (Å²) in [6.45, 7) is 6.53. The molecular formula is C72H126O6. The first kappa shape index (κ1) is 74.6. The lowest BCUT2D eigenvalue weighted by atomic mass is 10.0. The monoisotopic (exact) mass is 1090 g/mol. The van der Waals surface area contributed by atoms with Crippen LogP contribution in [0.1, 0.15) is 335 Å². The Morgan fingerprint density at radius 2 is 0.500 bits per heavy atom. The van der Waals surface area contributed by atoms with Crippen LogP contribution in [0, 0.1) is 0 Å². The summed E-state index contributed by atoms with van der Waals surface area (Å²) in [6, 6.07) is 0. The van der Waals surface area contributed by atoms with Crippen molar-refractivity contribution in [1.29, 1.82) is 0 Å². The van der Waals surface area contributed by atoms with Crippen LogP contribution >= 0.6 is 0 Å². The summed E-state index contributed by atoms with van der Waals surface area (Å²) in [6.07, 6.45) is 87.4. The third-order valence-corrected chi connectivity index (χ3v) is 14.6. The third kappa shape index (κ3) is 63.4. The van der Waals surface area contributed by atoms with Crippen LogP contribution in [0.25, 0.3) is 0 Å². The fourth-order valence-corrected chi connectivity index (χ4v) is 9.58. The minimum atomic E-state index is -0.789. The molecule has 0 bridgehead atoms. The molecule has 78 heavy (non-hydrogen) atoms. The second kappa shape index (κ2) is 66.1. The molecule has 0 aliphatic rings. The SMILES string of the molecule is CC/C=C\C/C=C\C/C=C\C/C=C\CCCCCCCCC(=O)OC(COC(=O)CCCCCCC/C=C\CCCCCCC)COC(=O)CCCCCCCCCCCCCCCCC/C=C\C/C=C\CCCCCCC. The average Bonchev–Trinajstić information content (AvgIpc) is 3.44. The number of carbonyl (C=O) groups is 3. The van der Waals surface area contributed by atoms with E-state index in [1.54, 1.807) is 0 Å². The lowest BCUT2D eigenvalue weighted by Gasteiger charge is -2.18. The first-order chi connectivity index (χ1) is 38.5. The molecule has 0 N–H and O–H groups in total. The topological polar surface area (TPSA) is 78.9 Å². The van der Waals surface area contributed by atoms with E-state index < -0.39 is 6.10 Å². The molecule has 450 valence electrons. The van der Waals surface area contributed by atoms with Gasteiger partial charge in [0.25, 0.3) is 0 Å². The van der Waals surface area contributed by atoms with Crippen molar-refractivity contribution in [2.24, 2.45) is 0 Å². The summed E-state index contributed by atoms with van der Waals surface area (Å²) < 4.78 is 16.9. The van der Waals surface area contributed by atoms with Crippen LogP contribution in [0.3, 0.4) is 0 Å². The molecule has 0 saturated heterocycles. The summed E-state index contributed by atoms with van der Waals surface area (Å²) >= 11 is 0. The van der Waals surface area contributed by atoms with Crippen LogP contribution in [-0.2, 0) is 28.6 Å². The molecule has 6 nitrogen and oxygen atoms in total. The van der Waals surface area contributed by atoms with Crippen LogP contribution in [0.4, 0.5) is 0 Å². The third-order valence-electron chi connectivity index (χ3n) is 14.6. The van der Waals surface area contributed by atoms with Gasteiger partial charge in [0.2, 0.25) is 0 Å². The Labute approximate surface area is 484 Å². The van der Waals surface area contributed by atoms with E-state index in [4.69, 9.17) is 14.2 Å². The predicted octanol–water partition coefficient (Wildman–Crippen LogP) is 23.1. The van der Waals surface area contributed by atoms with Gasteiger partial charge in [-0.15, -0.1) is 0 Å². The van der Waals surface area contributed by atoms with Crippen molar-refractivity contribution in [1.82, 2.24) is 0 Å². The number of rotatable bonds is 61. The van der Waals surface area contributed by atoms with E-state index >= 15 is 0 Å². The molecule has 0 amide bonds. The van der Waals surface area contributed by atoms with E-state index in [1.165, 1.54) is 186 Å². The molecule has 0 aromatic carbocycles. The fraction of sp³-hybridized carbons (Fsp3) is 0.764. The normalized spacial score (nSPS) is 12.6. The van der Waals surface area contributed by atoms with E-state index in [0.29, 0.717) is 19.3 Å². The van der Waals surface area contributed by atoms with Crippen molar-refractivity contribution >= 4 is 17.9 Å². The molecule has 1 unspecified atom stereocenters. The van der Waals surface area contributed by atoms with Gasteiger partial charge in [-0.2, -0.15) is 0 Å². The number of hydrogen-bond acceptors (Lipinski definition) is 6. The van der Waals surface area contributed by atoms with Crippen LogP contribution in [0.15, 0.2) is 85.1 Å². The Morgan fingerprint density at radius 1 is 0.269 bits per heavy atom. The highest BCUT2D eigenvalue weighted by atomic mass is 16.6. The minimum absolute atomic E-state index is 0.0833. The molecule has 0 aromatic rings. The molecule has 0 rings (SSSR count). The van der Waals surface area contributed by atoms with Crippen molar-refractivity contribution in [2.45, 2.75) is 341 Å². The molecule has 0 radical (unpaired) electrons. The van der Waals surface area contributed by atoms with E-state index in [1.807, 2.05) is 0 Å². The summed E-state index contributed by atoms with van der Waals surface area (Å²) in [5.41, 5.74) is 0. The van der Waals surface area contributed by atoms with Gasteiger partial charge in [0.1, 0.15) is 13.2 Å². The van der Waals surface area contributed by atoms with Crippen molar-refractivity contribution in [3.63, 3.8) is 0 Å². The average molecular weight is 1090 g/mol. The number of esters is 3. The molecule has 1 atom stereocenters. The lowest BCUT2D eigenvalue weighted by Crippen LogP contribution is -2.30. The Hall–Kier alpha value is -3.41. The molecular weight excluding hydrogens is 961 g/mol. The highest BCUT2D eigenvalue weighted by molar-refractivity contribution is 5.71. The largest absolute Gasteiger partial charge is 0.462 e. The van der Waals surface area contributed by atoms with Gasteiger partial charge in [0, 0.05) is 19.3 Å². The molecule has 0 aromatic heterocycles. The van der Waals surface area contributed by atoms with Gasteiger partial charge in [0.15, 0.2) is 6.10 Å². The molecule has 6 heteroatoms. The van der Waals surface area contributed by atoms with Crippen LogP contribution < -0.4 is 0 Å². The zero-order chi connectivity index (χ0) is 56.4. The number of hydrogen-bond donors (Lipinski definition) is 0. The maximum atomic E-state index is 12.9. The Kier molecular flexibility index (Phi) is 63.2. The number of ether oxygens (including phenoxy) is 3. The van der Waals surface area contributed by atoms with Crippen molar-refractivity contribution in [2.75, 3.05) is 13.2 Å². The Bertz CT molecular complexity index is 1480. The molecule has 0 saturated carbocycles. The zero-order valence-electron chi connectivity index (χ0n) is 51.7. The molecule has 0 aliphatic carbocycles. The Morgan fingerprint density at radius 3 is 0.795 bits per heavy atom. The Balaban J connectivity index is 4.30. The van der Waals surface area contributed by atoms with E-state index in [2.05, 4.69) is 106 Å². The van der Waals surface area contributed by atoms with Gasteiger partial charge in [-0.25, -0.2) is 0 Å². The van der Waals surface area contributed by atoms with Gasteiger partial charge in [-0.05, 0) is 116 Å². The molecule has 0 heterocycles. The maximum absolute atomic E-state index is 12.9.